The fourth-order valence-electron chi connectivity index (χ4n) is 12.0. The topological polar surface area (TPSA) is 86.2 Å². The summed E-state index contributed by atoms with van der Waals surface area (Å²) >= 11 is 0. The molecule has 0 aliphatic heterocycles. The Hall–Kier alpha value is -9.81. The molecule has 3 heterocycles. The van der Waals surface area contributed by atoms with Gasteiger partial charge in [0, 0.05) is 56.4 Å². The first-order chi connectivity index (χ1) is 49.3. The first-order valence-corrected chi connectivity index (χ1v) is 34.3. The zero-order valence-corrected chi connectivity index (χ0v) is 62.3. The molecule has 5 nitrogen and oxygen atoms in total. The molecule has 1 aliphatic rings. The van der Waals surface area contributed by atoms with Crippen LogP contribution in [-0.4, -0.2) is 15.0 Å². The molecule has 0 amide bonds. The molecule has 0 bridgehead atoms. The minimum atomic E-state index is -2.31. The number of benzene rings is 8. The number of hydrogen-bond acceptors (Lipinski definition) is 5. The van der Waals surface area contributed by atoms with Crippen molar-refractivity contribution < 1.29 is 9.60 Å². The van der Waals surface area contributed by atoms with Gasteiger partial charge in [-0.15, -0.1) is 0 Å². The van der Waals surface area contributed by atoms with E-state index in [2.05, 4.69) is 289 Å². The summed E-state index contributed by atoms with van der Waals surface area (Å²) in [5.41, 5.74) is 24.6. The Morgan fingerprint density at radius 1 is 0.354 bits per heavy atom. The molecule has 0 saturated carbocycles. The summed E-state index contributed by atoms with van der Waals surface area (Å²) in [6.07, 6.45) is 2.59. The molecule has 12 rings (SSSR count). The monoisotopic (exact) mass is 1310 g/mol. The molecule has 0 unspecified atom stereocenters. The highest BCUT2D eigenvalue weighted by atomic mass is 14.7. The SMILES string of the molecule is CC(C)(C)c1c(-c2ccccc2)cncc1-c1ccccc1.CC(C)(C)c1ccc(C#N)cc1.CC(C)(C)c1cccc(C#N)c1.CC(C)(C)c1cccc2c1-c1ccccc1-c1ccccc1-c1ccccc1-2.[2H]C([2H])(C)c1ncccc1C(C)(C)C.[2H]C([2H])([2H])c1ccc(C(C)(C)C)c(C([2H])([2H])C)n1. The van der Waals surface area contributed by atoms with Crippen LogP contribution < -0.4 is 0 Å². The Morgan fingerprint density at radius 3 is 1.19 bits per heavy atom. The van der Waals surface area contributed by atoms with Gasteiger partial charge in [0.2, 0.25) is 0 Å². The third-order valence-electron chi connectivity index (χ3n) is 17.2. The van der Waals surface area contributed by atoms with Gasteiger partial charge in [0.1, 0.15) is 0 Å². The maximum absolute atomic E-state index is 8.68. The third-order valence-corrected chi connectivity index (χ3v) is 17.2. The molecule has 99 heavy (non-hydrogen) atoms. The van der Waals surface area contributed by atoms with Crippen molar-refractivity contribution in [2.75, 3.05) is 0 Å². The molecule has 508 valence electrons. The lowest BCUT2D eigenvalue weighted by Gasteiger charge is -2.29. The van der Waals surface area contributed by atoms with Gasteiger partial charge in [-0.05, 0) is 178 Å². The van der Waals surface area contributed by atoms with Crippen molar-refractivity contribution in [3.05, 3.63) is 305 Å². The molecule has 0 spiro atoms. The molecule has 11 aromatic rings. The minimum absolute atomic E-state index is 0.0410. The highest BCUT2D eigenvalue weighted by Gasteiger charge is 2.28. The number of nitriles is 2. The minimum Gasteiger partial charge on any atom is -0.263 e. The standard InChI is InChI=1S/C28H24.C21H21N.C12H19N.2C11H13N.C11H17N/c1-28(2,3)26-18-10-17-25-23-14-7-6-13-21(23)19-11-4-5-12-20(19)22-15-8-9-16-24(22)27(25)26;1-21(2,3)20-18(16-10-6-4-7-11-16)14-22-15-19(20)17-12-8-5-9-13-17;1-6-11-10(12(3,4)5)8-7-9(2)13-11;1-11(2,3)10-6-4-9(8-12)5-7-10;1-11(2,3)10-6-4-5-9(7-10)8-12;1-5-10-9(11(2,3)4)7-6-8-12-10/h4-18H,1-3H3;4-15H,1-3H3;7-8H,6H2,1-5H3;2*4-7H,1-3H3;6-8H,5H2,1-4H3/i;;2D3,6D2;;;5D2. The zero-order chi connectivity index (χ0) is 78.6. The Kier molecular flexibility index (Phi) is 22.2. The van der Waals surface area contributed by atoms with Crippen LogP contribution in [0.3, 0.4) is 0 Å². The van der Waals surface area contributed by atoms with Crippen molar-refractivity contribution in [3.63, 3.8) is 0 Å². The van der Waals surface area contributed by atoms with Crippen molar-refractivity contribution >= 4 is 0 Å². The predicted molar refractivity (Wildman–Crippen MR) is 423 cm³/mol. The average Bonchev–Trinajstić information content (AvgIpc) is 0.738. The van der Waals surface area contributed by atoms with Gasteiger partial charge >= 0.3 is 0 Å². The van der Waals surface area contributed by atoms with Gasteiger partial charge < -0.3 is 0 Å². The van der Waals surface area contributed by atoms with E-state index < -0.39 is 19.6 Å². The third kappa shape index (κ3) is 20.4. The van der Waals surface area contributed by atoms with E-state index in [9.17, 15) is 0 Å². The molecule has 0 fully saturated rings. The van der Waals surface area contributed by atoms with Crippen LogP contribution in [-0.2, 0) is 45.2 Å². The van der Waals surface area contributed by atoms with E-state index in [-0.39, 0.29) is 43.9 Å². The van der Waals surface area contributed by atoms with Crippen LogP contribution in [0.4, 0.5) is 0 Å². The van der Waals surface area contributed by atoms with Crippen LogP contribution in [0.25, 0.3) is 66.8 Å². The second-order valence-electron chi connectivity index (χ2n) is 31.1. The Bertz CT molecular complexity index is 4740. The van der Waals surface area contributed by atoms with E-state index in [0.29, 0.717) is 5.69 Å². The summed E-state index contributed by atoms with van der Waals surface area (Å²) < 4.78 is 53.1. The van der Waals surface area contributed by atoms with Gasteiger partial charge in [-0.3, -0.25) is 15.0 Å². The number of aryl methyl sites for hydroxylation is 3. The van der Waals surface area contributed by atoms with Crippen LogP contribution in [0.5, 0.6) is 0 Å². The fraction of sp³-hybridized carbons (Fsp3) is 0.309. The summed E-state index contributed by atoms with van der Waals surface area (Å²) in [4.78, 5) is 12.7. The number of nitrogens with zero attached hydrogens (tertiary/aromatic N) is 5. The zero-order valence-electron chi connectivity index (χ0n) is 69.3. The maximum Gasteiger partial charge on any atom is 0.0991 e. The van der Waals surface area contributed by atoms with Gasteiger partial charge in [-0.2, -0.15) is 10.5 Å². The molecular formula is C94H107N5. The van der Waals surface area contributed by atoms with Crippen LogP contribution in [0.2, 0.25) is 0 Å². The normalized spacial score (nSPS) is 13.0. The summed E-state index contributed by atoms with van der Waals surface area (Å²) in [6, 6.07) is 81.0. The average molecular weight is 1310 g/mol. The first-order valence-electron chi connectivity index (χ1n) is 37.8. The number of aromatic nitrogens is 3. The van der Waals surface area contributed by atoms with Gasteiger partial charge in [-0.25, -0.2) is 0 Å². The lowest BCUT2D eigenvalue weighted by Crippen LogP contribution is -2.15. The fourth-order valence-corrected chi connectivity index (χ4v) is 12.0. The maximum atomic E-state index is 8.68. The molecule has 3 aromatic heterocycles. The summed E-state index contributed by atoms with van der Waals surface area (Å²) in [7, 11) is 0. The molecule has 0 atom stereocenters. The molecule has 8 aromatic carbocycles. The van der Waals surface area contributed by atoms with E-state index in [1.54, 1.807) is 19.2 Å². The summed E-state index contributed by atoms with van der Waals surface area (Å²) in [5, 5.41) is 17.3. The van der Waals surface area contributed by atoms with Crippen molar-refractivity contribution in [3.8, 4) is 78.9 Å². The first kappa shape index (κ1) is 66.4. The van der Waals surface area contributed by atoms with E-state index in [4.69, 9.17) is 20.1 Å². The predicted octanol–water partition coefficient (Wildman–Crippen LogP) is 25.6. The van der Waals surface area contributed by atoms with Gasteiger partial charge in [0.15, 0.2) is 0 Å². The van der Waals surface area contributed by atoms with Gasteiger partial charge in [0.05, 0.1) is 23.3 Å². The number of pyridine rings is 3. The van der Waals surface area contributed by atoms with Crippen LogP contribution in [0.15, 0.2) is 243 Å². The molecule has 1 aliphatic carbocycles. The van der Waals surface area contributed by atoms with Crippen LogP contribution >= 0.6 is 0 Å². The summed E-state index contributed by atoms with van der Waals surface area (Å²) in [6.45, 7) is 39.3. The quantitative estimate of drug-likeness (QED) is 0.175. The van der Waals surface area contributed by atoms with E-state index in [1.165, 1.54) is 102 Å². The van der Waals surface area contributed by atoms with Crippen LogP contribution in [0, 0.1) is 29.5 Å². The number of fused-ring (bicyclic) bond motifs is 8. The molecule has 0 saturated heterocycles. The number of hydrogen-bond donors (Lipinski definition) is 0. The lowest BCUT2D eigenvalue weighted by atomic mass is 9.74. The van der Waals surface area contributed by atoms with E-state index >= 15 is 0 Å². The van der Waals surface area contributed by atoms with Gasteiger partial charge in [-0.1, -0.05) is 327 Å². The van der Waals surface area contributed by atoms with E-state index in [1.807, 2.05) is 87.8 Å². The van der Waals surface area contributed by atoms with E-state index in [0.717, 1.165) is 22.3 Å². The lowest BCUT2D eigenvalue weighted by molar-refractivity contribution is 0.578. The second-order valence-corrected chi connectivity index (χ2v) is 31.1. The van der Waals surface area contributed by atoms with Crippen molar-refractivity contribution in [1.29, 1.82) is 10.5 Å². The van der Waals surface area contributed by atoms with Crippen molar-refractivity contribution in [2.24, 2.45) is 0 Å². The number of rotatable bonds is 4. The molecule has 5 heteroatoms. The van der Waals surface area contributed by atoms with Gasteiger partial charge in [0.25, 0.3) is 0 Å². The van der Waals surface area contributed by atoms with Crippen LogP contribution in [0.1, 0.15) is 210 Å². The largest absolute Gasteiger partial charge is 0.263 e. The van der Waals surface area contributed by atoms with Crippen molar-refractivity contribution in [1.82, 2.24) is 15.0 Å². The highest BCUT2D eigenvalue weighted by Crippen LogP contribution is 2.50. The molecular weight excluding hydrogens is 1200 g/mol. The molecule has 0 radical (unpaired) electrons. The molecule has 0 N–H and O–H groups in total. The highest BCUT2D eigenvalue weighted by molar-refractivity contribution is 6.04. The Labute approximate surface area is 606 Å². The second kappa shape index (κ2) is 33.2. The summed E-state index contributed by atoms with van der Waals surface area (Å²) in [5.74, 6) is 0. The smallest absolute Gasteiger partial charge is 0.0991 e. The Morgan fingerprint density at radius 2 is 0.768 bits per heavy atom. The Balaban J connectivity index is 0.000000183. The van der Waals surface area contributed by atoms with Crippen molar-refractivity contribution in [2.45, 2.75) is 191 Å².